The number of anilines is 1. The number of hydrogen-bond acceptors (Lipinski definition) is 7. The van der Waals surface area contributed by atoms with Crippen molar-refractivity contribution in [1.29, 1.82) is 0 Å². The molecule has 0 atom stereocenters. The molecule has 1 saturated heterocycles. The number of H-pyrrole nitrogens is 2. The van der Waals surface area contributed by atoms with Gasteiger partial charge in [-0.05, 0) is 37.1 Å². The van der Waals surface area contributed by atoms with Crippen LogP contribution in [-0.2, 0) is 13.2 Å². The quantitative estimate of drug-likeness (QED) is 0.394. The van der Waals surface area contributed by atoms with Crippen molar-refractivity contribution in [2.24, 2.45) is 7.05 Å². The van der Waals surface area contributed by atoms with Gasteiger partial charge in [-0.15, -0.1) is 0 Å². The number of pyridine rings is 2. The molecule has 36 heavy (non-hydrogen) atoms. The van der Waals surface area contributed by atoms with Crippen molar-refractivity contribution >= 4 is 28.1 Å². The van der Waals surface area contributed by atoms with E-state index in [1.165, 1.54) is 18.6 Å². The number of piperidine rings is 1. The minimum absolute atomic E-state index is 0.235. The van der Waals surface area contributed by atoms with Gasteiger partial charge in [-0.25, -0.2) is 24.7 Å². The van der Waals surface area contributed by atoms with E-state index in [4.69, 9.17) is 0 Å². The molecule has 0 saturated carbocycles. The monoisotopic (exact) mass is 495 g/mol. The average molecular weight is 495 g/mol. The van der Waals surface area contributed by atoms with Crippen LogP contribution in [0.15, 0.2) is 41.6 Å². The van der Waals surface area contributed by atoms with E-state index in [0.29, 0.717) is 52.6 Å². The van der Waals surface area contributed by atoms with Gasteiger partial charge in [-0.2, -0.15) is 13.2 Å². The van der Waals surface area contributed by atoms with E-state index in [-0.39, 0.29) is 11.6 Å². The number of halogens is 3. The Morgan fingerprint density at radius 1 is 1.00 bits per heavy atom. The van der Waals surface area contributed by atoms with Crippen LogP contribution in [0.2, 0.25) is 0 Å². The highest BCUT2D eigenvalue weighted by atomic mass is 19.4. The molecule has 0 bridgehead atoms. The molecular formula is C23H20F3N9O. The van der Waals surface area contributed by atoms with Crippen molar-refractivity contribution in [3.05, 3.63) is 58.7 Å². The summed E-state index contributed by atoms with van der Waals surface area (Å²) in [5.74, 6) is 1.37. The van der Waals surface area contributed by atoms with Gasteiger partial charge in [0.1, 0.15) is 17.8 Å². The molecule has 6 heterocycles. The highest BCUT2D eigenvalue weighted by molar-refractivity contribution is 5.86. The fourth-order valence-electron chi connectivity index (χ4n) is 4.72. The van der Waals surface area contributed by atoms with E-state index in [9.17, 15) is 18.0 Å². The van der Waals surface area contributed by atoms with Crippen molar-refractivity contribution in [2.75, 3.05) is 18.0 Å². The van der Waals surface area contributed by atoms with E-state index in [0.717, 1.165) is 24.6 Å². The number of imidazole rings is 2. The van der Waals surface area contributed by atoms with Gasteiger partial charge < -0.3 is 14.5 Å². The predicted octanol–water partition coefficient (Wildman–Crippen LogP) is 3.39. The zero-order valence-corrected chi connectivity index (χ0v) is 19.0. The maximum atomic E-state index is 12.9. The first-order chi connectivity index (χ1) is 17.3. The second-order valence-electron chi connectivity index (χ2n) is 8.77. The fourth-order valence-corrected chi connectivity index (χ4v) is 4.72. The summed E-state index contributed by atoms with van der Waals surface area (Å²) in [6.07, 6.45) is -0.194. The first-order valence-electron chi connectivity index (χ1n) is 11.3. The lowest BCUT2D eigenvalue weighted by Gasteiger charge is -2.32. The van der Waals surface area contributed by atoms with Crippen LogP contribution < -0.4 is 10.6 Å². The first kappa shape index (κ1) is 22.2. The molecule has 5 aromatic rings. The van der Waals surface area contributed by atoms with Gasteiger partial charge in [0.2, 0.25) is 0 Å². The third-order valence-electron chi connectivity index (χ3n) is 6.56. The summed E-state index contributed by atoms with van der Waals surface area (Å²) >= 11 is 0. The maximum Gasteiger partial charge on any atom is 0.433 e. The molecule has 0 aliphatic carbocycles. The van der Waals surface area contributed by atoms with Gasteiger partial charge in [0.25, 0.3) is 0 Å². The van der Waals surface area contributed by atoms with Gasteiger partial charge in [0, 0.05) is 43.5 Å². The third-order valence-corrected chi connectivity index (χ3v) is 6.56. The number of alkyl halides is 3. The van der Waals surface area contributed by atoms with Crippen LogP contribution in [0, 0.1) is 0 Å². The van der Waals surface area contributed by atoms with E-state index in [2.05, 4.69) is 39.8 Å². The van der Waals surface area contributed by atoms with Crippen LogP contribution in [-0.4, -0.2) is 52.5 Å². The van der Waals surface area contributed by atoms with Crippen molar-refractivity contribution in [3.63, 3.8) is 0 Å². The van der Waals surface area contributed by atoms with Crippen LogP contribution in [0.3, 0.4) is 0 Å². The molecule has 10 nitrogen and oxygen atoms in total. The molecule has 0 radical (unpaired) electrons. The zero-order valence-electron chi connectivity index (χ0n) is 19.0. The Morgan fingerprint density at radius 3 is 2.53 bits per heavy atom. The molecule has 184 valence electrons. The standard InChI is InChI=1S/C23H20F3N9O/c1-34-19(13-2-5-16(27-10-13)23(24,25)26)32-17-20(34)28-11-29-21(17)35-8-6-12(7-9-35)14-3-4-15-18(30-14)33-22(36)31-15/h2-5,10-12H,6-9H2,1H3,(H2,30,31,33,36). The van der Waals surface area contributed by atoms with Crippen LogP contribution in [0.1, 0.15) is 30.1 Å². The lowest BCUT2D eigenvalue weighted by Crippen LogP contribution is -2.34. The van der Waals surface area contributed by atoms with Crippen molar-refractivity contribution < 1.29 is 13.2 Å². The molecule has 13 heteroatoms. The third kappa shape index (κ3) is 3.76. The van der Waals surface area contributed by atoms with Gasteiger partial charge in [-0.1, -0.05) is 0 Å². The van der Waals surface area contributed by atoms with Gasteiger partial charge in [0.05, 0.1) is 5.52 Å². The van der Waals surface area contributed by atoms with E-state index in [1.54, 1.807) is 11.6 Å². The highest BCUT2D eigenvalue weighted by Crippen LogP contribution is 2.34. The van der Waals surface area contributed by atoms with Crippen molar-refractivity contribution in [2.45, 2.75) is 24.9 Å². The van der Waals surface area contributed by atoms with E-state index >= 15 is 0 Å². The summed E-state index contributed by atoms with van der Waals surface area (Å²) in [4.78, 5) is 40.8. The number of aryl methyl sites for hydroxylation is 1. The molecule has 2 N–H and O–H groups in total. The molecule has 0 amide bonds. The summed E-state index contributed by atoms with van der Waals surface area (Å²) in [6, 6.07) is 6.11. The normalized spacial score (nSPS) is 15.3. The number of aromatic amines is 2. The second kappa shape index (κ2) is 8.14. The Balaban J connectivity index is 1.26. The Labute approximate surface area is 201 Å². The Bertz CT molecular complexity index is 1630. The number of nitrogens with zero attached hydrogens (tertiary/aromatic N) is 7. The van der Waals surface area contributed by atoms with Crippen molar-refractivity contribution in [1.82, 2.24) is 39.5 Å². The van der Waals surface area contributed by atoms with E-state index in [1.807, 2.05) is 12.1 Å². The number of hydrogen-bond donors (Lipinski definition) is 2. The largest absolute Gasteiger partial charge is 0.433 e. The summed E-state index contributed by atoms with van der Waals surface area (Å²) in [5.41, 5.74) is 2.55. The predicted molar refractivity (Wildman–Crippen MR) is 125 cm³/mol. The number of nitrogens with one attached hydrogen (secondary N) is 2. The number of fused-ring (bicyclic) bond motifs is 2. The molecule has 1 aliphatic heterocycles. The highest BCUT2D eigenvalue weighted by Gasteiger charge is 2.32. The Hall–Kier alpha value is -4.29. The summed E-state index contributed by atoms with van der Waals surface area (Å²) in [6.45, 7) is 1.43. The molecular weight excluding hydrogens is 475 g/mol. The Kier molecular flexibility index (Phi) is 5.02. The lowest BCUT2D eigenvalue weighted by atomic mass is 9.93. The smallest absolute Gasteiger partial charge is 0.355 e. The van der Waals surface area contributed by atoms with Gasteiger partial charge in [0.15, 0.2) is 22.6 Å². The maximum absolute atomic E-state index is 12.9. The molecule has 5 aromatic heterocycles. The summed E-state index contributed by atoms with van der Waals surface area (Å²) in [5, 5.41) is 0. The Morgan fingerprint density at radius 2 is 1.81 bits per heavy atom. The van der Waals surface area contributed by atoms with Crippen LogP contribution in [0.4, 0.5) is 19.0 Å². The van der Waals surface area contributed by atoms with Gasteiger partial charge >= 0.3 is 11.9 Å². The topological polar surface area (TPSA) is 121 Å². The second-order valence-corrected chi connectivity index (χ2v) is 8.77. The summed E-state index contributed by atoms with van der Waals surface area (Å²) in [7, 11) is 1.76. The molecule has 0 spiro atoms. The SMILES string of the molecule is Cn1c(-c2ccc(C(F)(F)F)nc2)nc2c(N3CCC(c4ccc5[nH]c(=O)[nH]c5n4)CC3)ncnc21. The average Bonchev–Trinajstić information content (AvgIpc) is 3.42. The minimum Gasteiger partial charge on any atom is -0.355 e. The zero-order chi connectivity index (χ0) is 25.0. The van der Waals surface area contributed by atoms with Crippen LogP contribution in [0.25, 0.3) is 33.7 Å². The van der Waals surface area contributed by atoms with Crippen molar-refractivity contribution in [3.8, 4) is 11.4 Å². The summed E-state index contributed by atoms with van der Waals surface area (Å²) < 4.78 is 40.5. The number of rotatable bonds is 3. The molecule has 0 aromatic carbocycles. The lowest BCUT2D eigenvalue weighted by molar-refractivity contribution is -0.141. The molecule has 1 aliphatic rings. The molecule has 1 fully saturated rings. The van der Waals surface area contributed by atoms with E-state index < -0.39 is 11.9 Å². The fraction of sp³-hybridized carbons (Fsp3) is 0.304. The van der Waals surface area contributed by atoms with Crippen LogP contribution in [0.5, 0.6) is 0 Å². The molecule has 0 unspecified atom stereocenters. The van der Waals surface area contributed by atoms with Crippen LogP contribution >= 0.6 is 0 Å². The van der Waals surface area contributed by atoms with Gasteiger partial charge in [-0.3, -0.25) is 9.97 Å². The number of aromatic nitrogens is 8. The minimum atomic E-state index is -4.50. The molecule has 6 rings (SSSR count). The first-order valence-corrected chi connectivity index (χ1v) is 11.3.